The highest BCUT2D eigenvalue weighted by Crippen LogP contribution is 2.35. The molecule has 25 heavy (non-hydrogen) atoms. The summed E-state index contributed by atoms with van der Waals surface area (Å²) >= 11 is 5.59. The summed E-state index contributed by atoms with van der Waals surface area (Å²) < 4.78 is 101. The molecule has 0 bridgehead atoms. The monoisotopic (exact) mass is 413 g/mol. The van der Waals surface area contributed by atoms with Crippen LogP contribution in [0.3, 0.4) is 0 Å². The molecular formula is C13H14ClF6NO3S. The maximum absolute atomic E-state index is 12.5. The first-order valence-corrected chi connectivity index (χ1v) is 8.62. The molecule has 144 valence electrons. The van der Waals surface area contributed by atoms with Crippen molar-refractivity contribution in [3.63, 3.8) is 0 Å². The smallest absolute Gasteiger partial charge is 0.389 e. The van der Waals surface area contributed by atoms with Gasteiger partial charge in [0.05, 0.1) is 11.5 Å². The molecule has 0 aliphatic rings. The number of hydrogen-bond acceptors (Lipinski definition) is 3. The number of aliphatic hydroxyl groups is 1. The van der Waals surface area contributed by atoms with Crippen LogP contribution in [0.4, 0.5) is 26.3 Å². The van der Waals surface area contributed by atoms with Gasteiger partial charge < -0.3 is 5.11 Å². The van der Waals surface area contributed by atoms with Crippen molar-refractivity contribution in [2.45, 2.75) is 36.1 Å². The molecule has 0 heterocycles. The fourth-order valence-electron chi connectivity index (χ4n) is 2.11. The number of hydrogen-bond donors (Lipinski definition) is 2. The highest BCUT2D eigenvalue weighted by molar-refractivity contribution is 7.89. The predicted octanol–water partition coefficient (Wildman–Crippen LogP) is 3.50. The molecule has 1 aromatic rings. The molecule has 12 heteroatoms. The normalized spacial score (nSPS) is 14.8. The average Bonchev–Trinajstić information content (AvgIpc) is 2.41. The number of alkyl halides is 6. The van der Waals surface area contributed by atoms with E-state index in [0.717, 1.165) is 12.1 Å². The zero-order valence-electron chi connectivity index (χ0n) is 12.4. The Kier molecular flexibility index (Phi) is 7.13. The summed E-state index contributed by atoms with van der Waals surface area (Å²) in [4.78, 5) is -0.409. The van der Waals surface area contributed by atoms with Crippen LogP contribution in [0, 0.1) is 5.92 Å². The van der Waals surface area contributed by atoms with Crippen LogP contribution in [-0.4, -0.2) is 38.5 Å². The van der Waals surface area contributed by atoms with Crippen LogP contribution in [0.15, 0.2) is 29.2 Å². The Balaban J connectivity index is 3.07. The number of nitrogens with one attached hydrogen (secondary N) is 1. The van der Waals surface area contributed by atoms with E-state index in [9.17, 15) is 34.8 Å². The van der Waals surface area contributed by atoms with E-state index in [1.807, 2.05) is 0 Å². The predicted molar refractivity (Wildman–Crippen MR) is 77.5 cm³/mol. The molecule has 0 amide bonds. The molecule has 1 atom stereocenters. The minimum atomic E-state index is -4.96. The van der Waals surface area contributed by atoms with Crippen molar-refractivity contribution >= 4 is 21.6 Å². The highest BCUT2D eigenvalue weighted by Gasteiger charge is 2.43. The van der Waals surface area contributed by atoms with Crippen LogP contribution in [-0.2, 0) is 10.0 Å². The van der Waals surface area contributed by atoms with Gasteiger partial charge in [-0.15, -0.1) is 0 Å². The van der Waals surface area contributed by atoms with Crippen molar-refractivity contribution in [3.8, 4) is 0 Å². The lowest BCUT2D eigenvalue weighted by atomic mass is 9.93. The van der Waals surface area contributed by atoms with Crippen molar-refractivity contribution in [1.82, 2.24) is 4.72 Å². The number of halogens is 7. The summed E-state index contributed by atoms with van der Waals surface area (Å²) in [7, 11) is -4.45. The Hall–Kier alpha value is -1.04. The van der Waals surface area contributed by atoms with E-state index in [2.05, 4.69) is 0 Å². The third-order valence-corrected chi connectivity index (χ3v) is 4.94. The van der Waals surface area contributed by atoms with Crippen LogP contribution in [0.2, 0.25) is 5.02 Å². The van der Waals surface area contributed by atoms with E-state index < -0.39 is 58.7 Å². The Morgan fingerprint density at radius 1 is 1.00 bits per heavy atom. The maximum atomic E-state index is 12.5. The fraction of sp³-hybridized carbons (Fsp3) is 0.538. The van der Waals surface area contributed by atoms with Gasteiger partial charge in [-0.3, -0.25) is 0 Å². The molecule has 1 aromatic carbocycles. The summed E-state index contributed by atoms with van der Waals surface area (Å²) in [5.74, 6) is -2.22. The molecule has 0 aromatic heterocycles. The quantitative estimate of drug-likeness (QED) is 0.672. The molecule has 0 fully saturated rings. The van der Waals surface area contributed by atoms with Crippen molar-refractivity contribution in [2.24, 2.45) is 5.92 Å². The second-order valence-corrected chi connectivity index (χ2v) is 7.41. The molecule has 2 N–H and O–H groups in total. The second kappa shape index (κ2) is 8.11. The standard InChI is InChI=1S/C13H14ClF6NO3S/c14-9-1-3-10(4-2-9)25(23,24)21-11(7-22)8(5-12(15,16)17)6-13(18,19)20/h1-4,8,11,21-22H,5-7H2. The second-order valence-electron chi connectivity index (χ2n) is 5.26. The number of sulfonamides is 1. The summed E-state index contributed by atoms with van der Waals surface area (Å²) in [6, 6.07) is 2.47. The molecule has 1 unspecified atom stereocenters. The molecular weight excluding hydrogens is 400 g/mol. The Labute approximate surface area is 144 Å². The van der Waals surface area contributed by atoms with Crippen molar-refractivity contribution in [1.29, 1.82) is 0 Å². The Bertz CT molecular complexity index is 644. The fourth-order valence-corrected chi connectivity index (χ4v) is 3.54. The van der Waals surface area contributed by atoms with E-state index in [4.69, 9.17) is 16.7 Å². The minimum absolute atomic E-state index is 0.185. The number of benzene rings is 1. The van der Waals surface area contributed by atoms with Gasteiger partial charge in [0.1, 0.15) is 0 Å². The van der Waals surface area contributed by atoms with Crippen molar-refractivity contribution < 1.29 is 39.9 Å². The first kappa shape index (κ1) is 22.0. The molecule has 0 spiro atoms. The minimum Gasteiger partial charge on any atom is -0.395 e. The largest absolute Gasteiger partial charge is 0.395 e. The summed E-state index contributed by atoms with van der Waals surface area (Å²) in [6.45, 7) is -1.23. The van der Waals surface area contributed by atoms with Crippen molar-refractivity contribution in [2.75, 3.05) is 6.61 Å². The first-order chi connectivity index (χ1) is 11.2. The molecule has 1 rings (SSSR count). The molecule has 0 saturated heterocycles. The van der Waals surface area contributed by atoms with E-state index in [1.165, 1.54) is 12.1 Å². The van der Waals surface area contributed by atoms with Crippen LogP contribution in [0.25, 0.3) is 0 Å². The zero-order valence-corrected chi connectivity index (χ0v) is 14.0. The van der Waals surface area contributed by atoms with Gasteiger partial charge in [-0.1, -0.05) is 11.6 Å². The highest BCUT2D eigenvalue weighted by atomic mass is 35.5. The Morgan fingerprint density at radius 2 is 1.44 bits per heavy atom. The molecule has 0 aliphatic heterocycles. The zero-order chi connectivity index (χ0) is 19.5. The average molecular weight is 414 g/mol. The lowest BCUT2D eigenvalue weighted by Gasteiger charge is -2.28. The van der Waals surface area contributed by atoms with Crippen LogP contribution < -0.4 is 4.72 Å². The van der Waals surface area contributed by atoms with E-state index in [-0.39, 0.29) is 5.02 Å². The summed E-state index contributed by atoms with van der Waals surface area (Å²) in [6.07, 6.45) is -13.7. The lowest BCUT2D eigenvalue weighted by molar-refractivity contribution is -0.176. The van der Waals surface area contributed by atoms with Gasteiger partial charge in [0.15, 0.2) is 0 Å². The topological polar surface area (TPSA) is 66.4 Å². The molecule has 4 nitrogen and oxygen atoms in total. The van der Waals surface area contributed by atoms with E-state index in [0.29, 0.717) is 0 Å². The SMILES string of the molecule is O=S(=O)(NC(CO)C(CC(F)(F)F)CC(F)(F)F)c1ccc(Cl)cc1. The molecule has 0 saturated carbocycles. The van der Waals surface area contributed by atoms with Crippen LogP contribution >= 0.6 is 11.6 Å². The van der Waals surface area contributed by atoms with Crippen LogP contribution in [0.1, 0.15) is 12.8 Å². The van der Waals surface area contributed by atoms with Crippen LogP contribution in [0.5, 0.6) is 0 Å². The van der Waals surface area contributed by atoms with Gasteiger partial charge in [0.2, 0.25) is 10.0 Å². The molecule has 0 radical (unpaired) electrons. The van der Waals surface area contributed by atoms with Gasteiger partial charge in [0, 0.05) is 23.9 Å². The van der Waals surface area contributed by atoms with Gasteiger partial charge in [-0.2, -0.15) is 26.3 Å². The number of rotatable bonds is 7. The van der Waals surface area contributed by atoms with Gasteiger partial charge in [-0.25, -0.2) is 13.1 Å². The maximum Gasteiger partial charge on any atom is 0.389 e. The van der Waals surface area contributed by atoms with Gasteiger partial charge in [0.25, 0.3) is 0 Å². The van der Waals surface area contributed by atoms with Gasteiger partial charge in [-0.05, 0) is 30.2 Å². The van der Waals surface area contributed by atoms with Gasteiger partial charge >= 0.3 is 12.4 Å². The number of aliphatic hydroxyl groups excluding tert-OH is 1. The third-order valence-electron chi connectivity index (χ3n) is 3.18. The first-order valence-electron chi connectivity index (χ1n) is 6.76. The summed E-state index contributed by atoms with van der Waals surface area (Å²) in [5, 5.41) is 9.35. The third kappa shape index (κ3) is 7.80. The van der Waals surface area contributed by atoms with Crippen molar-refractivity contribution in [3.05, 3.63) is 29.3 Å². The Morgan fingerprint density at radius 3 is 1.80 bits per heavy atom. The molecule has 0 aliphatic carbocycles. The van der Waals surface area contributed by atoms with E-state index >= 15 is 0 Å². The summed E-state index contributed by atoms with van der Waals surface area (Å²) in [5.41, 5.74) is 0. The van der Waals surface area contributed by atoms with E-state index in [1.54, 1.807) is 4.72 Å². The lowest BCUT2D eigenvalue weighted by Crippen LogP contribution is -2.45.